The molecule has 1 aromatic rings. The number of nitrogens with two attached hydrogens (primary N) is 1. The van der Waals surface area contributed by atoms with Crippen molar-refractivity contribution in [1.82, 2.24) is 9.55 Å². The molecule has 162 valence electrons. The van der Waals surface area contributed by atoms with Gasteiger partial charge < -0.3 is 19.9 Å². The molecule has 0 bridgehead atoms. The van der Waals surface area contributed by atoms with Gasteiger partial charge in [-0.2, -0.15) is 4.98 Å². The summed E-state index contributed by atoms with van der Waals surface area (Å²) in [4.78, 5) is 40.0. The average molecular weight is 434 g/mol. The van der Waals surface area contributed by atoms with Gasteiger partial charge in [-0.3, -0.25) is 14.2 Å². The fraction of sp³-hybridized carbons (Fsp3) is 0.667. The highest BCUT2D eigenvalue weighted by molar-refractivity contribution is 6.18. The van der Waals surface area contributed by atoms with Crippen molar-refractivity contribution in [3.8, 4) is 0 Å². The smallest absolute Gasteiger partial charge is 0.352 e. The molecule has 0 spiro atoms. The summed E-state index contributed by atoms with van der Waals surface area (Å²) in [5, 5.41) is 0. The summed E-state index contributed by atoms with van der Waals surface area (Å²) in [6, 6.07) is 1.23. The van der Waals surface area contributed by atoms with Crippen LogP contribution in [0.2, 0.25) is 0 Å². The Morgan fingerprint density at radius 3 is 2.52 bits per heavy atom. The molecular formula is C18H25ClFN3O6. The lowest BCUT2D eigenvalue weighted by atomic mass is 9.94. The zero-order valence-corrected chi connectivity index (χ0v) is 17.4. The highest BCUT2D eigenvalue weighted by atomic mass is 35.5. The van der Waals surface area contributed by atoms with Gasteiger partial charge in [-0.15, -0.1) is 11.6 Å². The molecule has 0 aromatic carbocycles. The van der Waals surface area contributed by atoms with Crippen molar-refractivity contribution in [2.45, 2.75) is 45.2 Å². The van der Waals surface area contributed by atoms with Crippen LogP contribution in [0.15, 0.2) is 17.1 Å². The van der Waals surface area contributed by atoms with Crippen LogP contribution in [0, 0.1) is 11.8 Å². The van der Waals surface area contributed by atoms with Gasteiger partial charge in [0.25, 0.3) is 5.79 Å². The van der Waals surface area contributed by atoms with Crippen LogP contribution in [0.3, 0.4) is 0 Å². The molecule has 1 saturated heterocycles. The normalized spacial score (nSPS) is 26.7. The van der Waals surface area contributed by atoms with E-state index in [2.05, 4.69) is 4.98 Å². The minimum absolute atomic E-state index is 0.0982. The summed E-state index contributed by atoms with van der Waals surface area (Å²) in [7, 11) is 0. The number of hydrogen-bond donors (Lipinski definition) is 1. The van der Waals surface area contributed by atoms with Gasteiger partial charge in [-0.25, -0.2) is 9.18 Å². The van der Waals surface area contributed by atoms with Crippen molar-refractivity contribution in [3.05, 3.63) is 22.7 Å². The number of aromatic nitrogens is 2. The maximum Gasteiger partial charge on any atom is 0.352 e. The molecule has 2 heterocycles. The maximum absolute atomic E-state index is 16.2. The zero-order valence-electron chi connectivity index (χ0n) is 16.7. The number of hydrogen-bond acceptors (Lipinski definition) is 8. The fourth-order valence-corrected chi connectivity index (χ4v) is 3.06. The molecule has 9 nitrogen and oxygen atoms in total. The van der Waals surface area contributed by atoms with E-state index in [1.54, 1.807) is 27.7 Å². The van der Waals surface area contributed by atoms with Crippen LogP contribution in [-0.2, 0) is 29.6 Å². The molecule has 29 heavy (non-hydrogen) atoms. The SMILES string of the molecule is CC(C)C(=O)OCC1(CCl)OCC(F)(n2ccc(N)nc2=O)C1OC(=O)C(C)C. The van der Waals surface area contributed by atoms with Crippen LogP contribution in [0.5, 0.6) is 0 Å². The molecule has 1 fully saturated rings. The van der Waals surface area contributed by atoms with Crippen molar-refractivity contribution in [2.24, 2.45) is 11.8 Å². The Balaban J connectivity index is 2.50. The summed E-state index contributed by atoms with van der Waals surface area (Å²) in [5.74, 6) is -5.43. The quantitative estimate of drug-likeness (QED) is 0.503. The molecule has 3 unspecified atom stereocenters. The number of rotatable bonds is 7. The second-order valence-electron chi connectivity index (χ2n) is 7.54. The first-order valence-corrected chi connectivity index (χ1v) is 9.62. The van der Waals surface area contributed by atoms with Crippen molar-refractivity contribution in [1.29, 1.82) is 0 Å². The topological polar surface area (TPSA) is 123 Å². The van der Waals surface area contributed by atoms with Crippen LogP contribution < -0.4 is 11.4 Å². The fourth-order valence-electron chi connectivity index (χ4n) is 2.77. The van der Waals surface area contributed by atoms with Gasteiger partial charge in [0, 0.05) is 6.20 Å². The first-order valence-electron chi connectivity index (χ1n) is 9.08. The first kappa shape index (κ1) is 23.1. The van der Waals surface area contributed by atoms with Crippen LogP contribution >= 0.6 is 11.6 Å². The number of carbonyl (C=O) groups excluding carboxylic acids is 2. The molecule has 0 aliphatic carbocycles. The number of esters is 2. The van der Waals surface area contributed by atoms with Crippen LogP contribution in [0.25, 0.3) is 0 Å². The lowest BCUT2D eigenvalue weighted by Gasteiger charge is -2.35. The monoisotopic (exact) mass is 433 g/mol. The Hall–Kier alpha value is -2.20. The molecule has 11 heteroatoms. The first-order chi connectivity index (χ1) is 13.5. The van der Waals surface area contributed by atoms with Crippen molar-refractivity contribution in [3.63, 3.8) is 0 Å². The highest BCUT2D eigenvalue weighted by Gasteiger charge is 2.64. The van der Waals surface area contributed by atoms with Gasteiger partial charge in [-0.1, -0.05) is 27.7 Å². The largest absolute Gasteiger partial charge is 0.462 e. The van der Waals surface area contributed by atoms with E-state index in [1.165, 1.54) is 6.07 Å². The third-order valence-corrected chi connectivity index (χ3v) is 4.98. The number of ether oxygens (including phenoxy) is 3. The molecule has 1 aromatic heterocycles. The van der Waals surface area contributed by atoms with Gasteiger partial charge >= 0.3 is 17.6 Å². The Labute approximate surface area is 172 Å². The number of alkyl halides is 2. The summed E-state index contributed by atoms with van der Waals surface area (Å²) in [5.41, 5.74) is 2.77. The minimum Gasteiger partial charge on any atom is -0.462 e. The van der Waals surface area contributed by atoms with E-state index >= 15 is 4.39 Å². The second kappa shape index (κ2) is 8.66. The van der Waals surface area contributed by atoms with Crippen molar-refractivity contribution in [2.75, 3.05) is 24.8 Å². The van der Waals surface area contributed by atoms with E-state index in [9.17, 15) is 14.4 Å². The molecule has 3 atom stereocenters. The Morgan fingerprint density at radius 1 is 1.38 bits per heavy atom. The summed E-state index contributed by atoms with van der Waals surface area (Å²) in [6.07, 6.45) is -0.584. The van der Waals surface area contributed by atoms with Crippen LogP contribution in [0.1, 0.15) is 27.7 Å². The molecule has 1 aliphatic heterocycles. The lowest BCUT2D eigenvalue weighted by molar-refractivity contribution is -0.181. The Bertz CT molecular complexity index is 832. The van der Waals surface area contributed by atoms with E-state index < -0.39 is 60.2 Å². The predicted octanol–water partition coefficient (Wildman–Crippen LogP) is 1.22. The number of halogens is 2. The van der Waals surface area contributed by atoms with E-state index in [0.717, 1.165) is 6.20 Å². The molecule has 0 amide bonds. The summed E-state index contributed by atoms with van der Waals surface area (Å²) < 4.78 is 33.0. The average Bonchev–Trinajstić information content (AvgIpc) is 2.93. The van der Waals surface area contributed by atoms with Gasteiger partial charge in [0.2, 0.25) is 0 Å². The van der Waals surface area contributed by atoms with E-state index in [1.807, 2.05) is 0 Å². The maximum atomic E-state index is 16.2. The molecule has 2 N–H and O–H groups in total. The third-order valence-electron chi connectivity index (χ3n) is 4.53. The number of nitrogen functional groups attached to an aromatic ring is 1. The van der Waals surface area contributed by atoms with E-state index in [0.29, 0.717) is 4.57 Å². The van der Waals surface area contributed by atoms with E-state index in [-0.39, 0.29) is 11.7 Å². The third kappa shape index (κ3) is 4.53. The number of carbonyl (C=O) groups is 2. The lowest BCUT2D eigenvalue weighted by Crippen LogP contribution is -2.57. The minimum atomic E-state index is -2.64. The van der Waals surface area contributed by atoms with Crippen molar-refractivity contribution >= 4 is 29.4 Å². The number of anilines is 1. The molecule has 0 radical (unpaired) electrons. The van der Waals surface area contributed by atoms with Crippen LogP contribution in [-0.4, -0.2) is 52.3 Å². The van der Waals surface area contributed by atoms with E-state index in [4.69, 9.17) is 31.5 Å². The predicted molar refractivity (Wildman–Crippen MR) is 102 cm³/mol. The standard InChI is InChI=1S/C18H25ClFN3O6/c1-10(2)13(24)27-8-17(7-19)15(29-14(25)11(3)4)18(20,9-28-17)23-6-5-12(21)22-16(23)26/h5-6,10-11,15H,7-9H2,1-4H3,(H2,21,22,26). The van der Waals surface area contributed by atoms with Gasteiger partial charge in [0.05, 0.1) is 17.7 Å². The molecule has 1 aliphatic rings. The second-order valence-corrected chi connectivity index (χ2v) is 7.81. The van der Waals surface area contributed by atoms with Gasteiger partial charge in [0.15, 0.2) is 11.7 Å². The highest BCUT2D eigenvalue weighted by Crippen LogP contribution is 2.43. The number of nitrogens with zero attached hydrogens (tertiary/aromatic N) is 2. The summed E-state index contributed by atoms with van der Waals surface area (Å²) in [6.45, 7) is 5.24. The van der Waals surface area contributed by atoms with Gasteiger partial charge in [-0.05, 0) is 6.07 Å². The van der Waals surface area contributed by atoms with Crippen molar-refractivity contribution < 1.29 is 28.2 Å². The Kier molecular flexibility index (Phi) is 6.89. The van der Waals surface area contributed by atoms with Gasteiger partial charge in [0.1, 0.15) is 19.0 Å². The van der Waals surface area contributed by atoms with Crippen LogP contribution in [0.4, 0.5) is 10.2 Å². The molecule has 2 rings (SSSR count). The summed E-state index contributed by atoms with van der Waals surface area (Å²) >= 11 is 6.07. The molecular weight excluding hydrogens is 409 g/mol. The molecule has 0 saturated carbocycles. The Morgan fingerprint density at radius 2 is 2.00 bits per heavy atom. The zero-order chi connectivity index (χ0) is 22.0.